The van der Waals surface area contributed by atoms with Crippen LogP contribution in [0.5, 0.6) is 0 Å². The van der Waals surface area contributed by atoms with E-state index in [1.807, 2.05) is 6.92 Å². The van der Waals surface area contributed by atoms with Gasteiger partial charge in [-0.1, -0.05) is 116 Å². The number of ether oxygens (including phenoxy) is 1. The summed E-state index contributed by atoms with van der Waals surface area (Å²) >= 11 is 18.6. The molecule has 16 aliphatic rings. The van der Waals surface area contributed by atoms with Gasteiger partial charge in [-0.05, 0) is 327 Å². The number of rotatable bonds is 3. The van der Waals surface area contributed by atoms with Crippen LogP contribution in [0.15, 0.2) is 30.3 Å². The minimum atomic E-state index is -0.423. The number of ketones is 3. The molecule has 29 atom stereocenters. The molecule has 8 nitrogen and oxygen atoms in total. The molecule has 0 amide bonds. The van der Waals surface area contributed by atoms with Crippen LogP contribution in [0.3, 0.4) is 0 Å². The van der Waals surface area contributed by atoms with E-state index in [1.165, 1.54) is 173 Å². The van der Waals surface area contributed by atoms with Gasteiger partial charge in [0.1, 0.15) is 17.3 Å². The van der Waals surface area contributed by atoms with E-state index >= 15 is 0 Å². The normalized spacial score (nSPS) is 43.5. The van der Waals surface area contributed by atoms with E-state index < -0.39 is 5.60 Å². The van der Waals surface area contributed by atoms with Gasteiger partial charge in [-0.15, -0.1) is 0 Å². The first kappa shape index (κ1) is 110. The van der Waals surface area contributed by atoms with E-state index in [0.717, 1.165) is 210 Å². The molecule has 17 rings (SSSR count). The summed E-state index contributed by atoms with van der Waals surface area (Å²) in [6.45, 7) is 14.8. The molecular weight excluding hydrogens is 2850 g/mol. The monoisotopic (exact) mass is 3000 g/mol. The number of benzene rings is 1. The smallest absolute Gasteiger partial charge is 1.00 e. The Hall–Kier alpha value is 8.04. The van der Waals surface area contributed by atoms with Gasteiger partial charge in [0, 0.05) is 43.6 Å². The van der Waals surface area contributed by atoms with Gasteiger partial charge >= 0.3 is 239 Å². The summed E-state index contributed by atoms with van der Waals surface area (Å²) in [5, 5.41) is 38.0. The predicted molar refractivity (Wildman–Crippen MR) is 581 cm³/mol. The van der Waals surface area contributed by atoms with Crippen molar-refractivity contribution in [2.75, 3.05) is 26.8 Å². The van der Waals surface area contributed by atoms with Crippen molar-refractivity contribution in [2.45, 2.75) is 329 Å². The molecule has 16 fully saturated rings. The quantitative estimate of drug-likeness (QED) is 0.101. The molecule has 0 radical (unpaired) electrons. The van der Waals surface area contributed by atoms with Gasteiger partial charge in [0.2, 0.25) is 0 Å². The first-order chi connectivity index (χ1) is 52.2. The maximum Gasteiger partial charge on any atom is 2.00 e. The van der Waals surface area contributed by atoms with Gasteiger partial charge in [-0.3, -0.25) is 14.4 Å². The molecule has 16 aliphatic carbocycles. The van der Waals surface area contributed by atoms with E-state index in [-0.39, 0.29) is 123 Å². The van der Waals surface area contributed by atoms with Crippen LogP contribution in [0.2, 0.25) is 0 Å². The number of carbonyl (C=O) groups excluding carboxylic acids is 3. The zero-order valence-corrected chi connectivity index (χ0v) is 100. The molecule has 0 aromatic heterocycles. The SMILES string of the molecule is CI(I)I.CI(I)I.CI(I)I.CI(I)I.CO.C[C@@]1(O)CC[C@H]2[C@@H](CCC[C@@H]3[C@@H]2CC[C@]2(C)C(=O)CC[C@@H]32)C1.C[C@H]1CC[C@H]2[C@@H](CCC[C@@H]3[C@@H]2CC[C@]2(C)[C@@H](OCc4ccccc4)CC[C@@H]32)C1.C[C@]12CC[C@H]3[C@@H](CCC[C@H]4CC(=O)CC[C@@H]43)[C@@H]1CCC2=O.C[C@]12CC[C@H]3[C@@H](CCC[C@H]4C[C@@H](O)CC[C@@H]43)[C@@H]1CC[C@@H]2O.[Br-].[CH3-].[Mg+2]. The van der Waals surface area contributed by atoms with Gasteiger partial charge in [0.15, 0.2) is 0 Å². The van der Waals surface area contributed by atoms with Crippen LogP contribution in [0.4, 0.5) is 0 Å². The summed E-state index contributed by atoms with van der Waals surface area (Å²) < 4.78 is 6.59. The van der Waals surface area contributed by atoms with Crippen molar-refractivity contribution in [3.8, 4) is 0 Å². The molecule has 1 aromatic rings. The number of halogens is 13. The van der Waals surface area contributed by atoms with Crippen molar-refractivity contribution in [3.63, 3.8) is 0 Å². The van der Waals surface area contributed by atoms with Crippen molar-refractivity contribution < 1.29 is 56.5 Å². The van der Waals surface area contributed by atoms with Crippen LogP contribution in [-0.2, 0) is 25.7 Å². The Morgan fingerprint density at radius 2 is 0.823 bits per heavy atom. The van der Waals surface area contributed by atoms with Crippen LogP contribution >= 0.6 is 196 Å². The third-order valence-electron chi connectivity index (χ3n) is 33.7. The number of aliphatic hydroxyl groups excluding tert-OH is 3. The van der Waals surface area contributed by atoms with E-state index in [0.29, 0.717) is 46.6 Å². The van der Waals surface area contributed by atoms with Gasteiger partial charge in [-0.2, -0.15) is 0 Å². The molecule has 22 heteroatoms. The molecule has 0 spiro atoms. The van der Waals surface area contributed by atoms with Crippen molar-refractivity contribution in [1.29, 1.82) is 0 Å². The molecule has 0 unspecified atom stereocenters. The Kier molecular flexibility index (Phi) is 50.4. The fraction of sp³-hybridized carbons (Fsp3) is 0.890. The third kappa shape index (κ3) is 29.3. The second-order valence-corrected chi connectivity index (χ2v) is 155. The number of Topliss-reactive ketones (excluding diaryl/α,β-unsaturated/α-hetero) is 3. The fourth-order valence-electron chi connectivity index (χ4n) is 29.0. The summed E-state index contributed by atoms with van der Waals surface area (Å²) in [5.41, 5.74) is 1.57. The minimum Gasteiger partial charge on any atom is -1.00 e. The van der Waals surface area contributed by atoms with Crippen LogP contribution in [0, 0.1) is 153 Å². The van der Waals surface area contributed by atoms with E-state index in [1.54, 1.807) is 0 Å². The van der Waals surface area contributed by atoms with Crippen molar-refractivity contribution in [2.24, 2.45) is 146 Å². The number of fused-ring (bicyclic) bond motifs is 20. The summed E-state index contributed by atoms with van der Waals surface area (Å²) in [6, 6.07) is 10.8. The number of aliphatic hydroxyl groups is 4. The first-order valence-electron chi connectivity index (χ1n) is 43.7. The van der Waals surface area contributed by atoms with Gasteiger partial charge in [0.05, 0.1) is 30.5 Å². The molecule has 16 saturated carbocycles. The van der Waals surface area contributed by atoms with Crippen LogP contribution in [-0.4, -0.2) is 112 Å². The van der Waals surface area contributed by atoms with Gasteiger partial charge in [-0.25, -0.2) is 0 Å². The standard InChI is InChI=1S/C27H40O.C20H32O2.C19H32O2.C19H28O2.4CH3I3.CH4O.CH3.BrH.Mg/c1-19-11-12-22-21(17-19)9-6-10-24-23(22)15-16-27(2)25(24)13-14-26(27)28-18-20-7-4-3-5-8-20;1-19(22)10-8-14-13(12-19)4-3-5-16-15(14)9-11-20(2)17(16)6-7-18(20)21;2*1-19-10-9-15-14-6-5-13(20)11-12(14)3-2-4-16(15)17(19)7-8-18(19)21;4*1-4(2)3;1-2;;;/h3-5,7-8,19,21-26H,6,9-18H2,1-2H3;13-17,22H,3-12H2,1-2H3;12-18,20-21H,2-11H2,1H3;12,14-17H,2-11H2,1H3;4*1H3;2H,1H3;1H3;1H;/q;;;;;;;;;-1;;+2/p-1/t19-,21-,22-,23+,24+,25-,26-,27-;13-,14-,15+,16+,17-,19+,20-;12-,13-,14-,15+,16+,17-,18-,19-;12-,14-,15+,16+,17-,19-;;;;;;;;/m0000......../s1. The molecule has 1 aromatic carbocycles. The zero-order chi connectivity index (χ0) is 80.2. The molecule has 0 bridgehead atoms. The summed E-state index contributed by atoms with van der Waals surface area (Å²) in [7, 11) is 1.00. The van der Waals surface area contributed by atoms with E-state index in [2.05, 4.69) is 234 Å². The maximum atomic E-state index is 12.4. The van der Waals surface area contributed by atoms with Crippen molar-refractivity contribution in [3.05, 3.63) is 43.3 Å². The number of alkyl halides is 4. The van der Waals surface area contributed by atoms with Crippen LogP contribution < -0.4 is 17.0 Å². The Morgan fingerprint density at radius 3 is 1.33 bits per heavy atom. The first-order valence-corrected chi connectivity index (χ1v) is 103. The number of hydrogen-bond donors (Lipinski definition) is 4. The summed E-state index contributed by atoms with van der Waals surface area (Å²) in [6.07, 6.45) is 50.1. The second kappa shape index (κ2) is 51.9. The minimum absolute atomic E-state index is 0. The van der Waals surface area contributed by atoms with Gasteiger partial charge < -0.3 is 49.6 Å². The largest absolute Gasteiger partial charge is 2.00 e. The van der Waals surface area contributed by atoms with Crippen LogP contribution in [0.25, 0.3) is 0 Å². The van der Waals surface area contributed by atoms with Crippen molar-refractivity contribution >= 4 is 237 Å². The Balaban J connectivity index is 0.000000218. The number of carbonyl (C=O) groups is 3. The Bertz CT molecular complexity index is 2950. The average molecular weight is 3000 g/mol. The topological polar surface area (TPSA) is 141 Å². The van der Waals surface area contributed by atoms with E-state index in [4.69, 9.17) is 9.84 Å². The molecule has 4 N–H and O–H groups in total. The molecule has 656 valence electrons. The molecular formula is C91H151BrI12MgO8. The predicted octanol–water partition coefficient (Wildman–Crippen LogP) is 27.5. The molecule has 0 heterocycles. The zero-order valence-electron chi connectivity index (χ0n) is 71.3. The maximum absolute atomic E-state index is 12.4. The number of hydrogen-bond acceptors (Lipinski definition) is 8. The fourth-order valence-corrected chi connectivity index (χ4v) is 29.0. The third-order valence-corrected chi connectivity index (χ3v) is 33.7. The van der Waals surface area contributed by atoms with Gasteiger partial charge in [0.25, 0.3) is 0 Å². The molecule has 0 aliphatic heterocycles. The Morgan fingerprint density at radius 1 is 0.425 bits per heavy atom. The van der Waals surface area contributed by atoms with Crippen molar-refractivity contribution in [1.82, 2.24) is 0 Å². The molecule has 113 heavy (non-hydrogen) atoms. The summed E-state index contributed by atoms with van der Waals surface area (Å²) in [5.74, 6) is 19.4. The average Bonchev–Trinajstić information content (AvgIpc) is 1.62. The van der Waals surface area contributed by atoms with Crippen LogP contribution in [0.1, 0.15) is 304 Å². The molecule has 0 saturated heterocycles. The van der Waals surface area contributed by atoms with E-state index in [9.17, 15) is 29.7 Å². The Labute approximate surface area is 823 Å². The summed E-state index contributed by atoms with van der Waals surface area (Å²) in [4.78, 5) is 45.8. The second-order valence-electron chi connectivity index (χ2n) is 39.3.